The van der Waals surface area contributed by atoms with Crippen LogP contribution in [0.4, 0.5) is 11.6 Å². The van der Waals surface area contributed by atoms with E-state index in [0.29, 0.717) is 11.6 Å². The Labute approximate surface area is 152 Å². The third-order valence-electron chi connectivity index (χ3n) is 3.70. The van der Waals surface area contributed by atoms with Crippen molar-refractivity contribution in [3.05, 3.63) is 90.0 Å². The van der Waals surface area contributed by atoms with Gasteiger partial charge >= 0.3 is 0 Å². The number of carbonyl (C=O) groups excluding carboxylic acids is 2. The van der Waals surface area contributed by atoms with Gasteiger partial charge in [0.15, 0.2) is 0 Å². The smallest absolute Gasteiger partial charge is 0.229 e. The zero-order valence-electron chi connectivity index (χ0n) is 14.2. The van der Waals surface area contributed by atoms with Gasteiger partial charge in [-0.2, -0.15) is 0 Å². The van der Waals surface area contributed by atoms with E-state index in [1.54, 1.807) is 18.2 Å². The predicted octanol–water partition coefficient (Wildman–Crippen LogP) is 3.44. The van der Waals surface area contributed by atoms with Gasteiger partial charge in [-0.1, -0.05) is 66.7 Å². The van der Waals surface area contributed by atoms with E-state index in [9.17, 15) is 9.59 Å². The molecule has 1 aromatic heterocycles. The number of amides is 2. The van der Waals surface area contributed by atoms with Crippen molar-refractivity contribution in [3.8, 4) is 0 Å². The number of hydrogen-bond donors (Lipinski definition) is 2. The Morgan fingerprint density at radius 3 is 1.46 bits per heavy atom. The summed E-state index contributed by atoms with van der Waals surface area (Å²) in [6, 6.07) is 24.1. The third-order valence-corrected chi connectivity index (χ3v) is 3.70. The van der Waals surface area contributed by atoms with Crippen molar-refractivity contribution >= 4 is 23.5 Å². The van der Waals surface area contributed by atoms with Crippen molar-refractivity contribution in [2.24, 2.45) is 0 Å². The van der Waals surface area contributed by atoms with Crippen LogP contribution >= 0.6 is 0 Å². The summed E-state index contributed by atoms with van der Waals surface area (Å²) in [6.07, 6.45) is 0.542. The quantitative estimate of drug-likeness (QED) is 0.719. The lowest BCUT2D eigenvalue weighted by molar-refractivity contribution is -0.116. The van der Waals surface area contributed by atoms with E-state index >= 15 is 0 Å². The molecule has 0 unspecified atom stereocenters. The average molecular weight is 345 g/mol. The van der Waals surface area contributed by atoms with E-state index in [1.807, 2.05) is 60.7 Å². The molecule has 2 aromatic carbocycles. The summed E-state index contributed by atoms with van der Waals surface area (Å²) in [7, 11) is 0. The number of nitrogens with one attached hydrogen (secondary N) is 2. The van der Waals surface area contributed by atoms with Crippen LogP contribution in [0.5, 0.6) is 0 Å². The summed E-state index contributed by atoms with van der Waals surface area (Å²) < 4.78 is 0. The maximum atomic E-state index is 12.1. The monoisotopic (exact) mass is 345 g/mol. The summed E-state index contributed by atoms with van der Waals surface area (Å²) in [4.78, 5) is 28.5. The molecule has 0 atom stereocenters. The predicted molar refractivity (Wildman–Crippen MR) is 102 cm³/mol. The molecule has 0 aliphatic rings. The van der Waals surface area contributed by atoms with Crippen molar-refractivity contribution in [2.45, 2.75) is 12.8 Å². The van der Waals surface area contributed by atoms with Crippen molar-refractivity contribution in [3.63, 3.8) is 0 Å². The molecule has 0 spiro atoms. The molecular formula is C21H19N3O2. The van der Waals surface area contributed by atoms with Gasteiger partial charge in [-0.05, 0) is 23.3 Å². The molecule has 1 heterocycles. The molecule has 130 valence electrons. The Kier molecular flexibility index (Phi) is 5.72. The zero-order chi connectivity index (χ0) is 18.2. The first-order valence-electron chi connectivity index (χ1n) is 8.34. The summed E-state index contributed by atoms with van der Waals surface area (Å²) in [5.74, 6) is 0.500. The summed E-state index contributed by atoms with van der Waals surface area (Å²) in [5, 5.41) is 5.50. The fraction of sp³-hybridized carbons (Fsp3) is 0.0952. The summed E-state index contributed by atoms with van der Waals surface area (Å²) >= 11 is 0. The second kappa shape index (κ2) is 8.58. The van der Waals surface area contributed by atoms with Gasteiger partial charge in [-0.3, -0.25) is 9.59 Å². The number of anilines is 2. The van der Waals surface area contributed by atoms with Crippen LogP contribution < -0.4 is 10.6 Å². The van der Waals surface area contributed by atoms with E-state index in [2.05, 4.69) is 15.6 Å². The molecule has 0 bridgehead atoms. The lowest BCUT2D eigenvalue weighted by Crippen LogP contribution is -2.18. The fourth-order valence-corrected chi connectivity index (χ4v) is 2.51. The van der Waals surface area contributed by atoms with E-state index in [4.69, 9.17) is 0 Å². The Balaban J connectivity index is 1.57. The Hall–Kier alpha value is -3.47. The molecule has 0 fully saturated rings. The molecule has 3 aromatic rings. The highest BCUT2D eigenvalue weighted by molar-refractivity contribution is 5.93. The average Bonchev–Trinajstić information content (AvgIpc) is 2.63. The number of benzene rings is 2. The maximum Gasteiger partial charge on any atom is 0.229 e. The molecule has 2 N–H and O–H groups in total. The molecule has 26 heavy (non-hydrogen) atoms. The molecule has 0 saturated carbocycles. The lowest BCUT2D eigenvalue weighted by atomic mass is 10.1. The standard InChI is InChI=1S/C21H19N3O2/c25-20(14-16-8-3-1-4-9-16)23-18-12-7-13-19(22-18)24-21(26)15-17-10-5-2-6-11-17/h1-13H,14-15H2,(H2,22,23,24,25,26). The van der Waals surface area contributed by atoms with Crippen LogP contribution in [0.2, 0.25) is 0 Å². The van der Waals surface area contributed by atoms with Gasteiger partial charge in [-0.25, -0.2) is 4.98 Å². The van der Waals surface area contributed by atoms with Gasteiger partial charge in [0.2, 0.25) is 11.8 Å². The van der Waals surface area contributed by atoms with Crippen molar-refractivity contribution < 1.29 is 9.59 Å². The van der Waals surface area contributed by atoms with Crippen molar-refractivity contribution in [1.29, 1.82) is 0 Å². The maximum absolute atomic E-state index is 12.1. The molecule has 0 radical (unpaired) electrons. The minimum atomic E-state index is -0.156. The van der Waals surface area contributed by atoms with Crippen LogP contribution in [0.3, 0.4) is 0 Å². The number of nitrogens with zero attached hydrogens (tertiary/aromatic N) is 1. The number of rotatable bonds is 6. The first kappa shape index (κ1) is 17.4. The first-order valence-corrected chi connectivity index (χ1v) is 8.34. The van der Waals surface area contributed by atoms with Gasteiger partial charge in [0.05, 0.1) is 12.8 Å². The van der Waals surface area contributed by atoms with Gasteiger partial charge in [0.1, 0.15) is 11.6 Å². The Bertz CT molecular complexity index is 809. The number of pyridine rings is 1. The molecule has 5 heteroatoms. The fourth-order valence-electron chi connectivity index (χ4n) is 2.51. The van der Waals surface area contributed by atoms with Crippen LogP contribution in [0, 0.1) is 0 Å². The highest BCUT2D eigenvalue weighted by Gasteiger charge is 2.08. The van der Waals surface area contributed by atoms with Crippen LogP contribution in [0.15, 0.2) is 78.9 Å². The molecule has 3 rings (SSSR count). The van der Waals surface area contributed by atoms with Crippen LogP contribution in [0.25, 0.3) is 0 Å². The van der Waals surface area contributed by atoms with E-state index < -0.39 is 0 Å². The lowest BCUT2D eigenvalue weighted by Gasteiger charge is -2.08. The SMILES string of the molecule is O=C(Cc1ccccc1)Nc1cccc(NC(=O)Cc2ccccc2)n1. The Morgan fingerprint density at radius 1 is 0.615 bits per heavy atom. The minimum Gasteiger partial charge on any atom is -0.310 e. The first-order chi connectivity index (χ1) is 12.7. The second-order valence-corrected chi connectivity index (χ2v) is 5.83. The van der Waals surface area contributed by atoms with Crippen molar-refractivity contribution in [1.82, 2.24) is 4.98 Å². The topological polar surface area (TPSA) is 71.1 Å². The summed E-state index contributed by atoms with van der Waals surface area (Å²) in [5.41, 5.74) is 1.86. The van der Waals surface area contributed by atoms with Gasteiger partial charge in [0, 0.05) is 0 Å². The van der Waals surface area contributed by atoms with Crippen LogP contribution in [-0.2, 0) is 22.4 Å². The highest BCUT2D eigenvalue weighted by Crippen LogP contribution is 2.11. The minimum absolute atomic E-state index is 0.156. The zero-order valence-corrected chi connectivity index (χ0v) is 14.2. The molecule has 0 aliphatic heterocycles. The highest BCUT2D eigenvalue weighted by atomic mass is 16.2. The van der Waals surface area contributed by atoms with Crippen molar-refractivity contribution in [2.75, 3.05) is 10.6 Å². The van der Waals surface area contributed by atoms with E-state index in [1.165, 1.54) is 0 Å². The second-order valence-electron chi connectivity index (χ2n) is 5.83. The van der Waals surface area contributed by atoms with Gasteiger partial charge < -0.3 is 10.6 Å². The van der Waals surface area contributed by atoms with E-state index in [-0.39, 0.29) is 24.7 Å². The largest absolute Gasteiger partial charge is 0.310 e. The number of hydrogen-bond acceptors (Lipinski definition) is 3. The number of aromatic nitrogens is 1. The van der Waals surface area contributed by atoms with Gasteiger partial charge in [0.25, 0.3) is 0 Å². The number of carbonyl (C=O) groups is 2. The molecule has 0 saturated heterocycles. The van der Waals surface area contributed by atoms with Crippen LogP contribution in [-0.4, -0.2) is 16.8 Å². The van der Waals surface area contributed by atoms with Gasteiger partial charge in [-0.15, -0.1) is 0 Å². The Morgan fingerprint density at radius 2 is 1.04 bits per heavy atom. The molecule has 0 aliphatic carbocycles. The molecule has 5 nitrogen and oxygen atoms in total. The molecular weight excluding hydrogens is 326 g/mol. The van der Waals surface area contributed by atoms with Crippen LogP contribution in [0.1, 0.15) is 11.1 Å². The van der Waals surface area contributed by atoms with E-state index in [0.717, 1.165) is 11.1 Å². The molecule has 2 amide bonds. The third kappa shape index (κ3) is 5.27. The summed E-state index contributed by atoms with van der Waals surface area (Å²) in [6.45, 7) is 0. The normalized spacial score (nSPS) is 10.2.